The SMILES string of the molecule is O=C(NCCCO)c1ccc(CCl)cc1. The summed E-state index contributed by atoms with van der Waals surface area (Å²) in [7, 11) is 0. The summed E-state index contributed by atoms with van der Waals surface area (Å²) in [5, 5.41) is 11.3. The first-order valence-electron chi connectivity index (χ1n) is 4.82. The zero-order valence-electron chi connectivity index (χ0n) is 8.37. The van der Waals surface area contributed by atoms with E-state index >= 15 is 0 Å². The molecule has 0 aliphatic heterocycles. The highest BCUT2D eigenvalue weighted by Crippen LogP contribution is 2.06. The lowest BCUT2D eigenvalue weighted by atomic mass is 10.1. The molecule has 0 unspecified atom stereocenters. The van der Waals surface area contributed by atoms with E-state index in [0.29, 0.717) is 24.4 Å². The third kappa shape index (κ3) is 3.90. The van der Waals surface area contributed by atoms with Gasteiger partial charge < -0.3 is 10.4 Å². The molecule has 15 heavy (non-hydrogen) atoms. The lowest BCUT2D eigenvalue weighted by Crippen LogP contribution is -2.24. The number of carbonyl (C=O) groups excluding carboxylic acids is 1. The first-order valence-corrected chi connectivity index (χ1v) is 5.35. The number of benzene rings is 1. The van der Waals surface area contributed by atoms with Crippen LogP contribution in [0.3, 0.4) is 0 Å². The maximum atomic E-state index is 11.5. The van der Waals surface area contributed by atoms with Gasteiger partial charge in [-0.05, 0) is 24.1 Å². The summed E-state index contributed by atoms with van der Waals surface area (Å²) in [6, 6.07) is 7.14. The molecule has 1 aromatic rings. The third-order valence-corrected chi connectivity index (χ3v) is 2.30. The van der Waals surface area contributed by atoms with Gasteiger partial charge in [0.15, 0.2) is 0 Å². The van der Waals surface area contributed by atoms with Crippen molar-refractivity contribution in [1.82, 2.24) is 5.32 Å². The highest BCUT2D eigenvalue weighted by Gasteiger charge is 2.03. The Balaban J connectivity index is 2.50. The van der Waals surface area contributed by atoms with Gasteiger partial charge in [-0.2, -0.15) is 0 Å². The molecule has 0 radical (unpaired) electrons. The lowest BCUT2D eigenvalue weighted by Gasteiger charge is -2.04. The number of hydrogen-bond acceptors (Lipinski definition) is 2. The number of halogens is 1. The van der Waals surface area contributed by atoms with Crippen LogP contribution in [0.5, 0.6) is 0 Å². The Morgan fingerprint density at radius 3 is 2.53 bits per heavy atom. The highest BCUT2D eigenvalue weighted by atomic mass is 35.5. The van der Waals surface area contributed by atoms with Gasteiger partial charge in [-0.3, -0.25) is 4.79 Å². The molecule has 4 heteroatoms. The van der Waals surface area contributed by atoms with Gasteiger partial charge in [0, 0.05) is 24.6 Å². The number of aliphatic hydroxyl groups excluding tert-OH is 1. The predicted molar refractivity (Wildman–Crippen MR) is 60.0 cm³/mol. The van der Waals surface area contributed by atoms with E-state index in [1.54, 1.807) is 12.1 Å². The fraction of sp³-hybridized carbons (Fsp3) is 0.364. The molecule has 0 atom stereocenters. The molecule has 0 heterocycles. The van der Waals surface area contributed by atoms with Crippen LogP contribution in [0.25, 0.3) is 0 Å². The maximum absolute atomic E-state index is 11.5. The number of amides is 1. The number of alkyl halides is 1. The topological polar surface area (TPSA) is 49.3 Å². The van der Waals surface area contributed by atoms with E-state index in [2.05, 4.69) is 5.32 Å². The third-order valence-electron chi connectivity index (χ3n) is 1.99. The Bertz CT molecular complexity index is 311. The number of aliphatic hydroxyl groups is 1. The summed E-state index contributed by atoms with van der Waals surface area (Å²) < 4.78 is 0. The molecule has 0 saturated carbocycles. The predicted octanol–water partition coefficient (Wildman–Crippen LogP) is 1.54. The zero-order chi connectivity index (χ0) is 11.1. The Labute approximate surface area is 94.1 Å². The standard InChI is InChI=1S/C11H14ClNO2/c12-8-9-2-4-10(5-3-9)11(15)13-6-1-7-14/h2-5,14H,1,6-8H2,(H,13,15). The number of rotatable bonds is 5. The average Bonchev–Trinajstić information content (AvgIpc) is 2.29. The van der Waals surface area contributed by atoms with Gasteiger partial charge in [-0.25, -0.2) is 0 Å². The van der Waals surface area contributed by atoms with Gasteiger partial charge in [0.1, 0.15) is 0 Å². The molecule has 3 nitrogen and oxygen atoms in total. The van der Waals surface area contributed by atoms with E-state index in [0.717, 1.165) is 5.56 Å². The summed E-state index contributed by atoms with van der Waals surface area (Å²) in [5.74, 6) is 0.330. The summed E-state index contributed by atoms with van der Waals surface area (Å²) >= 11 is 5.63. The van der Waals surface area contributed by atoms with Crippen LogP contribution in [-0.2, 0) is 5.88 Å². The molecule has 0 bridgehead atoms. The second kappa shape index (κ2) is 6.43. The molecule has 82 valence electrons. The minimum atomic E-state index is -0.121. The molecule has 0 aromatic heterocycles. The molecule has 0 spiro atoms. The van der Waals surface area contributed by atoms with E-state index in [1.165, 1.54) is 0 Å². The summed E-state index contributed by atoms with van der Waals surface area (Å²) in [6.45, 7) is 0.581. The van der Waals surface area contributed by atoms with Crippen molar-refractivity contribution in [3.05, 3.63) is 35.4 Å². The fourth-order valence-electron chi connectivity index (χ4n) is 1.13. The van der Waals surface area contributed by atoms with Crippen molar-refractivity contribution in [2.75, 3.05) is 13.2 Å². The van der Waals surface area contributed by atoms with E-state index in [-0.39, 0.29) is 12.5 Å². The molecule has 2 N–H and O–H groups in total. The number of nitrogens with one attached hydrogen (secondary N) is 1. The van der Waals surface area contributed by atoms with Crippen LogP contribution in [0.1, 0.15) is 22.3 Å². The molecule has 0 saturated heterocycles. The summed E-state index contributed by atoms with van der Waals surface area (Å²) in [6.07, 6.45) is 0.575. The van der Waals surface area contributed by atoms with E-state index in [1.807, 2.05) is 12.1 Å². The van der Waals surface area contributed by atoms with Crippen LogP contribution in [0.4, 0.5) is 0 Å². The number of carbonyl (C=O) groups is 1. The fourth-order valence-corrected chi connectivity index (χ4v) is 1.31. The van der Waals surface area contributed by atoms with Crippen LogP contribution in [0, 0.1) is 0 Å². The highest BCUT2D eigenvalue weighted by molar-refractivity contribution is 6.17. The van der Waals surface area contributed by atoms with Gasteiger partial charge in [0.2, 0.25) is 0 Å². The molecule has 1 amide bonds. The van der Waals surface area contributed by atoms with Crippen LogP contribution in [-0.4, -0.2) is 24.2 Å². The molecule has 0 aliphatic carbocycles. The summed E-state index contributed by atoms with van der Waals surface area (Å²) in [5.41, 5.74) is 1.60. The molecule has 0 fully saturated rings. The van der Waals surface area contributed by atoms with Crippen molar-refractivity contribution < 1.29 is 9.90 Å². The second-order valence-corrected chi connectivity index (χ2v) is 3.43. The van der Waals surface area contributed by atoms with Crippen molar-refractivity contribution in [3.63, 3.8) is 0 Å². The van der Waals surface area contributed by atoms with Gasteiger partial charge >= 0.3 is 0 Å². The minimum Gasteiger partial charge on any atom is -0.396 e. The van der Waals surface area contributed by atoms with Crippen LogP contribution < -0.4 is 5.32 Å². The lowest BCUT2D eigenvalue weighted by molar-refractivity contribution is 0.0951. The maximum Gasteiger partial charge on any atom is 0.251 e. The first-order chi connectivity index (χ1) is 7.27. The average molecular weight is 228 g/mol. The summed E-state index contributed by atoms with van der Waals surface area (Å²) in [4.78, 5) is 11.5. The zero-order valence-corrected chi connectivity index (χ0v) is 9.13. The van der Waals surface area contributed by atoms with Gasteiger partial charge in [-0.1, -0.05) is 12.1 Å². The Kier molecular flexibility index (Phi) is 5.15. The van der Waals surface area contributed by atoms with Gasteiger partial charge in [-0.15, -0.1) is 11.6 Å². The van der Waals surface area contributed by atoms with Crippen molar-refractivity contribution >= 4 is 17.5 Å². The molecule has 1 aromatic carbocycles. The first kappa shape index (κ1) is 12.0. The normalized spacial score (nSPS) is 10.0. The van der Waals surface area contributed by atoms with Crippen molar-refractivity contribution in [2.24, 2.45) is 0 Å². The second-order valence-electron chi connectivity index (χ2n) is 3.16. The van der Waals surface area contributed by atoms with Crippen LogP contribution in [0.2, 0.25) is 0 Å². The monoisotopic (exact) mass is 227 g/mol. The van der Waals surface area contributed by atoms with Gasteiger partial charge in [0.25, 0.3) is 5.91 Å². The Morgan fingerprint density at radius 2 is 2.00 bits per heavy atom. The number of hydrogen-bond donors (Lipinski definition) is 2. The van der Waals surface area contributed by atoms with Crippen molar-refractivity contribution in [1.29, 1.82) is 0 Å². The smallest absolute Gasteiger partial charge is 0.251 e. The minimum absolute atomic E-state index is 0.0888. The largest absolute Gasteiger partial charge is 0.396 e. The van der Waals surface area contributed by atoms with E-state index in [4.69, 9.17) is 16.7 Å². The van der Waals surface area contributed by atoms with Crippen molar-refractivity contribution in [3.8, 4) is 0 Å². The van der Waals surface area contributed by atoms with Gasteiger partial charge in [0.05, 0.1) is 0 Å². The van der Waals surface area contributed by atoms with Crippen LogP contribution >= 0.6 is 11.6 Å². The van der Waals surface area contributed by atoms with E-state index in [9.17, 15) is 4.79 Å². The molecular formula is C11H14ClNO2. The van der Waals surface area contributed by atoms with Crippen molar-refractivity contribution in [2.45, 2.75) is 12.3 Å². The quantitative estimate of drug-likeness (QED) is 0.592. The molecule has 0 aliphatic rings. The van der Waals surface area contributed by atoms with Crippen LogP contribution in [0.15, 0.2) is 24.3 Å². The molecule has 1 rings (SSSR count). The van der Waals surface area contributed by atoms with E-state index < -0.39 is 0 Å². The Morgan fingerprint density at radius 1 is 1.33 bits per heavy atom. The Hall–Kier alpha value is -1.06. The molecular weight excluding hydrogens is 214 g/mol.